The van der Waals surface area contributed by atoms with Gasteiger partial charge in [0, 0.05) is 11.1 Å². The standard InChI is InChI=1S/C21H26N2O4/c1-4-13-26-18-9-5-16(6-10-18)20(24)22-23-21(25)17-7-11-19(12-8-17)27-14-15(2)3/h5-12,15H,4,13-14H2,1-3H3,(H,22,24)(H,23,25). The first kappa shape index (κ1) is 20.3. The maximum atomic E-state index is 12.1. The molecular formula is C21H26N2O4. The van der Waals surface area contributed by atoms with E-state index >= 15 is 0 Å². The molecule has 0 bridgehead atoms. The van der Waals surface area contributed by atoms with E-state index in [1.165, 1.54) is 0 Å². The Bertz CT molecular complexity index is 740. The number of carbonyl (C=O) groups excluding carboxylic acids is 2. The Kier molecular flexibility index (Phi) is 7.67. The van der Waals surface area contributed by atoms with Crippen LogP contribution in [0.15, 0.2) is 48.5 Å². The molecule has 0 aliphatic heterocycles. The molecule has 0 spiro atoms. The second-order valence-electron chi connectivity index (χ2n) is 6.51. The van der Waals surface area contributed by atoms with Crippen LogP contribution >= 0.6 is 0 Å². The fourth-order valence-corrected chi connectivity index (χ4v) is 2.15. The number of hydrogen-bond acceptors (Lipinski definition) is 4. The van der Waals surface area contributed by atoms with Crippen molar-refractivity contribution < 1.29 is 19.1 Å². The Labute approximate surface area is 159 Å². The molecule has 2 aromatic rings. The van der Waals surface area contributed by atoms with Gasteiger partial charge in [-0.25, -0.2) is 0 Å². The highest BCUT2D eigenvalue weighted by molar-refractivity contribution is 5.99. The van der Waals surface area contributed by atoms with Gasteiger partial charge in [0.2, 0.25) is 0 Å². The van der Waals surface area contributed by atoms with Gasteiger partial charge in [0.05, 0.1) is 13.2 Å². The number of amides is 2. The molecule has 27 heavy (non-hydrogen) atoms. The monoisotopic (exact) mass is 370 g/mol. The van der Waals surface area contributed by atoms with Crippen LogP contribution in [0.25, 0.3) is 0 Å². The van der Waals surface area contributed by atoms with Crippen molar-refractivity contribution >= 4 is 11.8 Å². The normalized spacial score (nSPS) is 10.4. The molecule has 0 aliphatic rings. The molecule has 0 saturated carbocycles. The SMILES string of the molecule is CCCOc1ccc(C(=O)NNC(=O)c2ccc(OCC(C)C)cc2)cc1. The lowest BCUT2D eigenvalue weighted by Gasteiger charge is -2.10. The molecule has 0 heterocycles. The van der Waals surface area contributed by atoms with Gasteiger partial charge in [-0.05, 0) is 60.9 Å². The minimum atomic E-state index is -0.401. The van der Waals surface area contributed by atoms with Crippen LogP contribution in [0, 0.1) is 5.92 Å². The molecule has 0 saturated heterocycles. The lowest BCUT2D eigenvalue weighted by Crippen LogP contribution is -2.41. The fraction of sp³-hybridized carbons (Fsp3) is 0.333. The van der Waals surface area contributed by atoms with Crippen molar-refractivity contribution in [3.63, 3.8) is 0 Å². The molecule has 0 fully saturated rings. The van der Waals surface area contributed by atoms with Crippen LogP contribution < -0.4 is 20.3 Å². The third kappa shape index (κ3) is 6.66. The van der Waals surface area contributed by atoms with E-state index in [4.69, 9.17) is 9.47 Å². The van der Waals surface area contributed by atoms with Crippen molar-refractivity contribution in [1.82, 2.24) is 10.9 Å². The minimum Gasteiger partial charge on any atom is -0.494 e. The van der Waals surface area contributed by atoms with Gasteiger partial charge in [-0.2, -0.15) is 0 Å². The zero-order valence-corrected chi connectivity index (χ0v) is 16.0. The van der Waals surface area contributed by atoms with E-state index < -0.39 is 11.8 Å². The number of nitrogens with one attached hydrogen (secondary N) is 2. The number of rotatable bonds is 8. The van der Waals surface area contributed by atoms with E-state index in [-0.39, 0.29) is 0 Å². The van der Waals surface area contributed by atoms with Gasteiger partial charge >= 0.3 is 0 Å². The summed E-state index contributed by atoms with van der Waals surface area (Å²) in [6.07, 6.45) is 0.916. The highest BCUT2D eigenvalue weighted by Crippen LogP contribution is 2.14. The van der Waals surface area contributed by atoms with Gasteiger partial charge in [0.15, 0.2) is 0 Å². The van der Waals surface area contributed by atoms with Crippen molar-refractivity contribution in [3.05, 3.63) is 59.7 Å². The van der Waals surface area contributed by atoms with Crippen molar-refractivity contribution in [2.45, 2.75) is 27.2 Å². The predicted molar refractivity (Wildman–Crippen MR) is 104 cm³/mol. The van der Waals surface area contributed by atoms with E-state index in [9.17, 15) is 9.59 Å². The second-order valence-corrected chi connectivity index (χ2v) is 6.51. The molecule has 0 unspecified atom stereocenters. The summed E-state index contributed by atoms with van der Waals surface area (Å²) < 4.78 is 11.1. The highest BCUT2D eigenvalue weighted by atomic mass is 16.5. The summed E-state index contributed by atoms with van der Waals surface area (Å²) in [4.78, 5) is 24.3. The van der Waals surface area contributed by atoms with E-state index in [2.05, 4.69) is 24.7 Å². The van der Waals surface area contributed by atoms with Crippen molar-refractivity contribution in [2.75, 3.05) is 13.2 Å². The molecule has 2 amide bonds. The lowest BCUT2D eigenvalue weighted by molar-refractivity contribution is 0.0846. The van der Waals surface area contributed by atoms with Crippen LogP contribution in [0.3, 0.4) is 0 Å². The average Bonchev–Trinajstić information content (AvgIpc) is 2.69. The van der Waals surface area contributed by atoms with Crippen molar-refractivity contribution in [3.8, 4) is 11.5 Å². The van der Waals surface area contributed by atoms with E-state index in [1.54, 1.807) is 48.5 Å². The third-order valence-corrected chi connectivity index (χ3v) is 3.58. The molecule has 2 aromatic carbocycles. The van der Waals surface area contributed by atoms with Crippen LogP contribution in [0.1, 0.15) is 47.9 Å². The quantitative estimate of drug-likeness (QED) is 0.696. The molecule has 2 rings (SSSR count). The van der Waals surface area contributed by atoms with Gasteiger partial charge in [-0.1, -0.05) is 20.8 Å². The molecule has 144 valence electrons. The van der Waals surface area contributed by atoms with Gasteiger partial charge in [0.1, 0.15) is 11.5 Å². The highest BCUT2D eigenvalue weighted by Gasteiger charge is 2.10. The second kappa shape index (κ2) is 10.2. The molecule has 0 aliphatic carbocycles. The fourth-order valence-electron chi connectivity index (χ4n) is 2.15. The summed E-state index contributed by atoms with van der Waals surface area (Å²) in [7, 11) is 0. The number of hydrazine groups is 1. The van der Waals surface area contributed by atoms with Gasteiger partial charge < -0.3 is 9.47 Å². The minimum absolute atomic E-state index is 0.401. The van der Waals surface area contributed by atoms with Gasteiger partial charge in [0.25, 0.3) is 11.8 Å². The van der Waals surface area contributed by atoms with Crippen LogP contribution in [-0.4, -0.2) is 25.0 Å². The number of ether oxygens (including phenoxy) is 2. The molecule has 0 radical (unpaired) electrons. The summed E-state index contributed by atoms with van der Waals surface area (Å²) in [5.41, 5.74) is 5.66. The van der Waals surface area contributed by atoms with Gasteiger partial charge in [-0.3, -0.25) is 20.4 Å². The molecule has 6 nitrogen and oxygen atoms in total. The average molecular weight is 370 g/mol. The molecule has 0 atom stereocenters. The van der Waals surface area contributed by atoms with Crippen molar-refractivity contribution in [2.24, 2.45) is 5.92 Å². The Hall–Kier alpha value is -3.02. The Balaban J connectivity index is 1.84. The van der Waals surface area contributed by atoms with Crippen LogP contribution in [0.4, 0.5) is 0 Å². The van der Waals surface area contributed by atoms with E-state index in [1.807, 2.05) is 6.92 Å². The summed E-state index contributed by atoms with van der Waals surface area (Å²) in [5.74, 6) is 1.03. The molecule has 6 heteroatoms. The van der Waals surface area contributed by atoms with Gasteiger partial charge in [-0.15, -0.1) is 0 Å². The molecule has 2 N–H and O–H groups in total. The van der Waals surface area contributed by atoms with E-state index in [0.29, 0.717) is 41.8 Å². The number of benzene rings is 2. The Morgan fingerprint density at radius 3 is 1.67 bits per heavy atom. The summed E-state index contributed by atoms with van der Waals surface area (Å²) in [6, 6.07) is 13.5. The molecule has 0 aromatic heterocycles. The zero-order valence-electron chi connectivity index (χ0n) is 16.0. The summed E-state index contributed by atoms with van der Waals surface area (Å²) >= 11 is 0. The third-order valence-electron chi connectivity index (χ3n) is 3.58. The summed E-state index contributed by atoms with van der Waals surface area (Å²) in [6.45, 7) is 7.40. The smallest absolute Gasteiger partial charge is 0.269 e. The molecular weight excluding hydrogens is 344 g/mol. The number of carbonyl (C=O) groups is 2. The lowest BCUT2D eigenvalue weighted by atomic mass is 10.2. The Morgan fingerprint density at radius 1 is 0.815 bits per heavy atom. The predicted octanol–water partition coefficient (Wildman–Crippen LogP) is 3.59. The maximum Gasteiger partial charge on any atom is 0.269 e. The topological polar surface area (TPSA) is 76.7 Å². The van der Waals surface area contributed by atoms with E-state index in [0.717, 1.165) is 6.42 Å². The van der Waals surface area contributed by atoms with Crippen molar-refractivity contribution in [1.29, 1.82) is 0 Å². The number of hydrogen-bond donors (Lipinski definition) is 2. The summed E-state index contributed by atoms with van der Waals surface area (Å²) in [5, 5.41) is 0. The first-order valence-electron chi connectivity index (χ1n) is 9.06. The van der Waals surface area contributed by atoms with Crippen LogP contribution in [0.5, 0.6) is 11.5 Å². The maximum absolute atomic E-state index is 12.1. The first-order valence-corrected chi connectivity index (χ1v) is 9.06. The first-order chi connectivity index (χ1) is 13.0. The Morgan fingerprint density at radius 2 is 1.26 bits per heavy atom. The van der Waals surface area contributed by atoms with Crippen LogP contribution in [-0.2, 0) is 0 Å². The zero-order chi connectivity index (χ0) is 19.6. The largest absolute Gasteiger partial charge is 0.494 e. The van der Waals surface area contributed by atoms with Crippen LogP contribution in [0.2, 0.25) is 0 Å².